The molecule has 0 saturated heterocycles. The van der Waals surface area contributed by atoms with E-state index in [1.165, 1.54) is 24.0 Å². The van der Waals surface area contributed by atoms with Crippen LogP contribution < -0.4 is 4.74 Å². The summed E-state index contributed by atoms with van der Waals surface area (Å²) in [6.45, 7) is 7.65. The molecule has 0 spiro atoms. The summed E-state index contributed by atoms with van der Waals surface area (Å²) in [4.78, 5) is 0. The van der Waals surface area contributed by atoms with Crippen molar-refractivity contribution in [3.63, 3.8) is 0 Å². The zero-order chi connectivity index (χ0) is 10.8. The molecule has 1 unspecified atom stereocenters. The van der Waals surface area contributed by atoms with E-state index in [4.69, 9.17) is 4.74 Å². The molecule has 2 atom stereocenters. The van der Waals surface area contributed by atoms with Gasteiger partial charge in [0.1, 0.15) is 5.75 Å². The molecule has 0 saturated carbocycles. The number of aryl methyl sites for hydroxylation is 1. The lowest BCUT2D eigenvalue weighted by Crippen LogP contribution is -2.14. The zero-order valence-corrected chi connectivity index (χ0v) is 9.92. The van der Waals surface area contributed by atoms with Gasteiger partial charge in [-0.25, -0.2) is 0 Å². The van der Waals surface area contributed by atoms with Crippen LogP contribution in [0.4, 0.5) is 0 Å². The number of benzene rings is 1. The normalized spacial score (nSPS) is 26.1. The Balaban J connectivity index is 2.39. The maximum Gasteiger partial charge on any atom is 0.123 e. The van der Waals surface area contributed by atoms with Gasteiger partial charge in [0, 0.05) is 0 Å². The van der Waals surface area contributed by atoms with Gasteiger partial charge in [-0.3, -0.25) is 0 Å². The molecular weight excluding hydrogens is 184 g/mol. The quantitative estimate of drug-likeness (QED) is 0.622. The number of hydrogen-bond acceptors (Lipinski definition) is 1. The standard InChI is InChI=1S/C14H20O/c1-10-6-7-13-12(3)11(2)5-4-8-15-14(13)9-10/h6-7,9,11-12H,4-5,8H2,1-3H3/t11?,12-/m0/s1. The highest BCUT2D eigenvalue weighted by molar-refractivity contribution is 5.39. The Morgan fingerprint density at radius 1 is 1.27 bits per heavy atom. The van der Waals surface area contributed by atoms with Crippen molar-refractivity contribution in [2.75, 3.05) is 6.61 Å². The van der Waals surface area contributed by atoms with Crippen molar-refractivity contribution in [1.29, 1.82) is 0 Å². The minimum Gasteiger partial charge on any atom is -0.493 e. The third kappa shape index (κ3) is 2.17. The maximum atomic E-state index is 5.83. The Kier molecular flexibility index (Phi) is 2.99. The molecular formula is C14H20O. The Morgan fingerprint density at radius 3 is 2.87 bits per heavy atom. The first-order chi connectivity index (χ1) is 7.18. The van der Waals surface area contributed by atoms with Gasteiger partial charge < -0.3 is 4.74 Å². The highest BCUT2D eigenvalue weighted by atomic mass is 16.5. The largest absolute Gasteiger partial charge is 0.493 e. The van der Waals surface area contributed by atoms with E-state index in [-0.39, 0.29) is 0 Å². The van der Waals surface area contributed by atoms with Crippen LogP contribution in [0.25, 0.3) is 0 Å². The number of rotatable bonds is 0. The smallest absolute Gasteiger partial charge is 0.123 e. The molecule has 0 aliphatic carbocycles. The first-order valence-electron chi connectivity index (χ1n) is 5.92. The van der Waals surface area contributed by atoms with E-state index in [1.807, 2.05) is 0 Å². The molecule has 15 heavy (non-hydrogen) atoms. The molecule has 1 aliphatic rings. The topological polar surface area (TPSA) is 9.23 Å². The van der Waals surface area contributed by atoms with Crippen LogP contribution in [0.5, 0.6) is 5.75 Å². The van der Waals surface area contributed by atoms with Crippen LogP contribution in [0.1, 0.15) is 43.7 Å². The molecule has 0 radical (unpaired) electrons. The average Bonchev–Trinajstić information content (AvgIpc) is 2.22. The second kappa shape index (κ2) is 4.26. The molecule has 1 nitrogen and oxygen atoms in total. The molecule has 1 aromatic carbocycles. The van der Waals surface area contributed by atoms with Crippen molar-refractivity contribution < 1.29 is 4.74 Å². The van der Waals surface area contributed by atoms with Crippen LogP contribution in [0, 0.1) is 12.8 Å². The van der Waals surface area contributed by atoms with Gasteiger partial charge in [0.25, 0.3) is 0 Å². The second-order valence-corrected chi connectivity index (χ2v) is 4.80. The first-order valence-corrected chi connectivity index (χ1v) is 5.92. The Bertz CT molecular complexity index is 343. The third-order valence-electron chi connectivity index (χ3n) is 3.57. The van der Waals surface area contributed by atoms with Crippen molar-refractivity contribution >= 4 is 0 Å². The van der Waals surface area contributed by atoms with Crippen molar-refractivity contribution in [3.05, 3.63) is 29.3 Å². The fraction of sp³-hybridized carbons (Fsp3) is 0.571. The summed E-state index contributed by atoms with van der Waals surface area (Å²) < 4.78 is 5.83. The fourth-order valence-corrected chi connectivity index (χ4v) is 2.29. The third-order valence-corrected chi connectivity index (χ3v) is 3.57. The van der Waals surface area contributed by atoms with E-state index in [0.29, 0.717) is 5.92 Å². The summed E-state index contributed by atoms with van der Waals surface area (Å²) in [6, 6.07) is 6.59. The summed E-state index contributed by atoms with van der Waals surface area (Å²) in [5.41, 5.74) is 2.67. The van der Waals surface area contributed by atoms with Crippen molar-refractivity contribution in [2.24, 2.45) is 5.92 Å². The molecule has 1 heterocycles. The molecule has 0 fully saturated rings. The molecule has 0 N–H and O–H groups in total. The van der Waals surface area contributed by atoms with Crippen LogP contribution in [-0.4, -0.2) is 6.61 Å². The number of ether oxygens (including phenoxy) is 1. The molecule has 1 heteroatoms. The first kappa shape index (κ1) is 10.5. The zero-order valence-electron chi connectivity index (χ0n) is 9.92. The van der Waals surface area contributed by atoms with Gasteiger partial charge in [-0.2, -0.15) is 0 Å². The monoisotopic (exact) mass is 204 g/mol. The van der Waals surface area contributed by atoms with Crippen LogP contribution >= 0.6 is 0 Å². The van der Waals surface area contributed by atoms with E-state index in [9.17, 15) is 0 Å². The van der Waals surface area contributed by atoms with Gasteiger partial charge in [-0.15, -0.1) is 0 Å². The van der Waals surface area contributed by atoms with E-state index < -0.39 is 0 Å². The maximum absolute atomic E-state index is 5.83. The van der Waals surface area contributed by atoms with Gasteiger partial charge in [0.15, 0.2) is 0 Å². The molecule has 82 valence electrons. The highest BCUT2D eigenvalue weighted by Crippen LogP contribution is 2.36. The second-order valence-electron chi connectivity index (χ2n) is 4.80. The lowest BCUT2D eigenvalue weighted by atomic mass is 9.84. The predicted molar refractivity (Wildman–Crippen MR) is 63.5 cm³/mol. The van der Waals surface area contributed by atoms with E-state index in [2.05, 4.69) is 39.0 Å². The van der Waals surface area contributed by atoms with Crippen molar-refractivity contribution in [1.82, 2.24) is 0 Å². The van der Waals surface area contributed by atoms with Gasteiger partial charge >= 0.3 is 0 Å². The van der Waals surface area contributed by atoms with Crippen LogP contribution in [-0.2, 0) is 0 Å². The van der Waals surface area contributed by atoms with Crippen molar-refractivity contribution in [3.8, 4) is 5.75 Å². The molecule has 0 aromatic heterocycles. The Labute approximate surface area is 92.5 Å². The molecule has 0 bridgehead atoms. The predicted octanol–water partition coefficient (Wildman–Crippen LogP) is 3.91. The summed E-state index contributed by atoms with van der Waals surface area (Å²) in [5.74, 6) is 2.48. The van der Waals surface area contributed by atoms with Crippen LogP contribution in [0.15, 0.2) is 18.2 Å². The van der Waals surface area contributed by atoms with Gasteiger partial charge in [0.05, 0.1) is 6.61 Å². The van der Waals surface area contributed by atoms with E-state index >= 15 is 0 Å². The lowest BCUT2D eigenvalue weighted by molar-refractivity contribution is 0.266. The van der Waals surface area contributed by atoms with Crippen LogP contribution in [0.2, 0.25) is 0 Å². The average molecular weight is 204 g/mol. The Hall–Kier alpha value is -0.980. The van der Waals surface area contributed by atoms with Crippen molar-refractivity contribution in [2.45, 2.75) is 39.5 Å². The summed E-state index contributed by atoms with van der Waals surface area (Å²) in [6.07, 6.45) is 2.45. The molecule has 1 aliphatic heterocycles. The number of hydrogen-bond donors (Lipinski definition) is 0. The summed E-state index contributed by atoms with van der Waals surface area (Å²) in [5, 5.41) is 0. The lowest BCUT2D eigenvalue weighted by Gasteiger charge is -2.26. The van der Waals surface area contributed by atoms with E-state index in [1.54, 1.807) is 0 Å². The minimum atomic E-state index is 0.612. The van der Waals surface area contributed by atoms with Crippen LogP contribution in [0.3, 0.4) is 0 Å². The van der Waals surface area contributed by atoms with Gasteiger partial charge in [-0.05, 0) is 48.8 Å². The highest BCUT2D eigenvalue weighted by Gasteiger charge is 2.20. The van der Waals surface area contributed by atoms with Gasteiger partial charge in [0.2, 0.25) is 0 Å². The fourth-order valence-electron chi connectivity index (χ4n) is 2.29. The molecule has 1 aromatic rings. The van der Waals surface area contributed by atoms with E-state index in [0.717, 1.165) is 18.3 Å². The molecule has 2 rings (SSSR count). The summed E-state index contributed by atoms with van der Waals surface area (Å²) >= 11 is 0. The van der Waals surface area contributed by atoms with Gasteiger partial charge in [-0.1, -0.05) is 26.0 Å². The minimum absolute atomic E-state index is 0.612. The Morgan fingerprint density at radius 2 is 2.07 bits per heavy atom. The SMILES string of the molecule is Cc1ccc2c(c1)OCCCC(C)[C@@H]2C. The summed E-state index contributed by atoms with van der Waals surface area (Å²) in [7, 11) is 0. The number of fused-ring (bicyclic) bond motifs is 1. The molecule has 0 amide bonds.